The van der Waals surface area contributed by atoms with Gasteiger partial charge < -0.3 is 4.57 Å². The summed E-state index contributed by atoms with van der Waals surface area (Å²) in [5, 5.41) is 22.5. The maximum atomic E-state index is 14.9. The molecule has 10 aromatic heterocycles. The van der Waals surface area contributed by atoms with Crippen molar-refractivity contribution in [3.05, 3.63) is 491 Å². The van der Waals surface area contributed by atoms with Crippen LogP contribution in [0.1, 0.15) is 0 Å². The number of pyridine rings is 6. The van der Waals surface area contributed by atoms with Gasteiger partial charge in [0.15, 0.2) is 24.6 Å². The number of hydrogen-bond donors (Lipinski definition) is 0. The second kappa shape index (κ2) is 34.2. The minimum absolute atomic E-state index is 0.633. The van der Waals surface area contributed by atoms with Crippen LogP contribution in [-0.2, 0) is 4.57 Å². The van der Waals surface area contributed by atoms with Crippen LogP contribution in [0, 0.1) is 0 Å². The standard InChI is InChI=1S/C50H29N3.C43H26N6.C40H26N3OP/c1-8-21-44-33(12-1)27-43-49(51-44)40-25-24-31(28-47(40)53-46-23-10-9-22-45(46)52-50(43)53)30-13-11-14-32(26-30)41-29-42-36-17-3-2-15-34(36)35-16-4-6-19-38(35)48(42)39-20-7-5-18-37(39)41;1-3-11-28(12-4-1)40-46-41(29-13-5-2-6-14-29)48-42(47-40)30-21-19-27(20-22-30)31-23-24-33-38(26-31)49-37-18-10-9-17-36(37)45-43(49)34-25-32-15-7-8-16-35(32)44-39(33)34;44-45(30-12-3-1-4-13-30,31-14-5-2-6-15-31)32-22-19-27(20-23-32)28-21-24-33-38(26-28)43-37-18-10-9-17-36(37)42-40(43)34-25-29-11-7-8-16-35(29)41-39(33)34/h1-29H;1-26H;1-26H. The highest BCUT2D eigenvalue weighted by atomic mass is 31.2. The molecule has 0 bridgehead atoms. The van der Waals surface area contributed by atoms with Crippen molar-refractivity contribution >= 4 is 214 Å². The Hall–Kier alpha value is -19.5. The first kappa shape index (κ1) is 84.4. The Balaban J connectivity index is 0.000000105. The van der Waals surface area contributed by atoms with Crippen LogP contribution in [0.15, 0.2) is 491 Å². The van der Waals surface area contributed by atoms with Crippen molar-refractivity contribution in [1.29, 1.82) is 0 Å². The number of fused-ring (bicyclic) bond motifs is 35. The first-order valence-electron chi connectivity index (χ1n) is 49.5. The molecule has 0 atom stereocenters. The fourth-order valence-corrected chi connectivity index (χ4v) is 25.0. The van der Waals surface area contributed by atoms with E-state index in [0.29, 0.717) is 17.5 Å². The Labute approximate surface area is 841 Å². The zero-order valence-electron chi connectivity index (χ0n) is 79.0. The second-order valence-corrected chi connectivity index (χ2v) is 40.5. The lowest BCUT2D eigenvalue weighted by Gasteiger charge is -2.20. The summed E-state index contributed by atoms with van der Waals surface area (Å²) in [6, 6.07) is 171. The van der Waals surface area contributed by atoms with Crippen molar-refractivity contribution < 1.29 is 4.57 Å². The molecule has 0 saturated carbocycles. The third-order valence-corrected chi connectivity index (χ3v) is 32.4. The van der Waals surface area contributed by atoms with E-state index < -0.39 is 7.14 Å². The molecular weight excluding hydrogens is 1810 g/mol. The monoisotopic (exact) mass is 1890 g/mol. The van der Waals surface area contributed by atoms with Gasteiger partial charge in [-0.2, -0.15) is 0 Å². The van der Waals surface area contributed by atoms with Crippen molar-refractivity contribution in [3.8, 4) is 78.7 Å². The number of imidazole rings is 3. The van der Waals surface area contributed by atoms with Crippen LogP contribution in [0.25, 0.3) is 270 Å². The summed E-state index contributed by atoms with van der Waals surface area (Å²) in [4.78, 5) is 45.6. The largest absolute Gasteiger partial charge is 0.309 e. The van der Waals surface area contributed by atoms with Crippen LogP contribution in [-0.4, -0.2) is 58.1 Å². The van der Waals surface area contributed by atoms with Crippen LogP contribution < -0.4 is 15.9 Å². The molecule has 0 aliphatic carbocycles. The fourth-order valence-electron chi connectivity index (χ4n) is 22.3. The van der Waals surface area contributed by atoms with E-state index in [1.807, 2.05) is 164 Å². The molecule has 14 heteroatoms. The van der Waals surface area contributed by atoms with Crippen molar-refractivity contribution in [2.45, 2.75) is 0 Å². The van der Waals surface area contributed by atoms with Gasteiger partial charge in [-0.15, -0.1) is 0 Å². The van der Waals surface area contributed by atoms with Crippen LogP contribution in [0.2, 0.25) is 0 Å². The molecule has 0 fully saturated rings. The first-order valence-corrected chi connectivity index (χ1v) is 51.2. The molecule has 0 spiro atoms. The molecule has 13 nitrogen and oxygen atoms in total. The normalized spacial score (nSPS) is 12.0. The molecule has 0 N–H and O–H groups in total. The molecule has 31 rings (SSSR count). The highest BCUT2D eigenvalue weighted by molar-refractivity contribution is 7.85. The van der Waals surface area contributed by atoms with E-state index >= 15 is 0 Å². The summed E-state index contributed by atoms with van der Waals surface area (Å²) >= 11 is 0. The Bertz CT molecular complexity index is 10900. The third kappa shape index (κ3) is 14.0. The zero-order valence-corrected chi connectivity index (χ0v) is 79.9. The quantitative estimate of drug-likeness (QED) is 0.0736. The molecule has 684 valence electrons. The number of rotatable bonds is 10. The van der Waals surface area contributed by atoms with Gasteiger partial charge in [0.1, 0.15) is 16.9 Å². The predicted molar refractivity (Wildman–Crippen MR) is 610 cm³/mol. The van der Waals surface area contributed by atoms with Crippen molar-refractivity contribution in [2.75, 3.05) is 0 Å². The van der Waals surface area contributed by atoms with Gasteiger partial charge in [-0.3, -0.25) is 13.2 Å². The summed E-state index contributed by atoms with van der Waals surface area (Å²) in [6.45, 7) is 0. The summed E-state index contributed by atoms with van der Waals surface area (Å²) in [5.41, 5.74) is 29.8. The van der Waals surface area contributed by atoms with Gasteiger partial charge >= 0.3 is 0 Å². The topological polar surface area (TPSA) is 146 Å². The second-order valence-electron chi connectivity index (χ2n) is 37.7. The van der Waals surface area contributed by atoms with Crippen molar-refractivity contribution in [1.82, 2.24) is 58.1 Å². The molecule has 21 aromatic carbocycles. The Morgan fingerprint density at radius 3 is 0.871 bits per heavy atom. The minimum atomic E-state index is -3.05. The highest BCUT2D eigenvalue weighted by Gasteiger charge is 2.31. The molecule has 0 saturated heterocycles. The number of hydrogen-bond acceptors (Lipinski definition) is 10. The summed E-state index contributed by atoms with van der Waals surface area (Å²) in [6.07, 6.45) is 0. The zero-order chi connectivity index (χ0) is 96.9. The van der Waals surface area contributed by atoms with E-state index in [1.54, 1.807) is 0 Å². The van der Waals surface area contributed by atoms with Gasteiger partial charge in [0.2, 0.25) is 0 Å². The number of para-hydroxylation sites is 9. The minimum Gasteiger partial charge on any atom is -0.309 e. The van der Waals surface area contributed by atoms with Gasteiger partial charge in [-0.25, -0.2) is 44.9 Å². The molecular formula is C133H81N12OP. The van der Waals surface area contributed by atoms with Gasteiger partial charge in [-0.1, -0.05) is 388 Å². The summed E-state index contributed by atoms with van der Waals surface area (Å²) < 4.78 is 21.7. The molecule has 0 radical (unpaired) electrons. The Kier molecular flexibility index (Phi) is 19.6. The van der Waals surface area contributed by atoms with Crippen LogP contribution >= 0.6 is 7.14 Å². The number of benzene rings is 21. The number of aromatic nitrogens is 12. The van der Waals surface area contributed by atoms with Gasteiger partial charge in [0.05, 0.1) is 82.8 Å². The van der Waals surface area contributed by atoms with E-state index in [0.717, 1.165) is 209 Å². The van der Waals surface area contributed by atoms with Crippen molar-refractivity contribution in [2.24, 2.45) is 0 Å². The smallest absolute Gasteiger partial charge is 0.171 e. The molecule has 0 aliphatic rings. The summed E-state index contributed by atoms with van der Waals surface area (Å²) in [7, 11) is -3.05. The first-order chi connectivity index (χ1) is 72.7. The fraction of sp³-hybridized carbons (Fsp3) is 0. The van der Waals surface area contributed by atoms with Gasteiger partial charge in [0, 0.05) is 81.1 Å². The van der Waals surface area contributed by atoms with Crippen LogP contribution in [0.3, 0.4) is 0 Å². The molecule has 0 amide bonds. The van der Waals surface area contributed by atoms with Gasteiger partial charge in [0.25, 0.3) is 0 Å². The van der Waals surface area contributed by atoms with Gasteiger partial charge in [-0.05, 0) is 191 Å². The molecule has 147 heavy (non-hydrogen) atoms. The average molecular weight is 1890 g/mol. The molecule has 10 heterocycles. The molecule has 0 aliphatic heterocycles. The van der Waals surface area contributed by atoms with E-state index in [2.05, 4.69) is 341 Å². The average Bonchev–Trinajstić information content (AvgIpc) is 1.01. The Morgan fingerprint density at radius 1 is 0.163 bits per heavy atom. The molecule has 0 unspecified atom stereocenters. The van der Waals surface area contributed by atoms with E-state index in [4.69, 9.17) is 44.9 Å². The highest BCUT2D eigenvalue weighted by Crippen LogP contribution is 2.48. The lowest BCUT2D eigenvalue weighted by Crippen LogP contribution is -2.24. The van der Waals surface area contributed by atoms with Crippen LogP contribution in [0.4, 0.5) is 0 Å². The lowest BCUT2D eigenvalue weighted by molar-refractivity contribution is 0.592. The maximum Gasteiger partial charge on any atom is 0.171 e. The SMILES string of the molecule is O=P(c1ccccc1)(c1ccccc1)c1ccc(-c2ccc3c4nc5ccccc5cc4c4nc5ccccc5n4c3c2)cc1.c1cc(-c2ccc3c4nc5ccccc5cc4c4nc5ccccc5n4c3c2)cc(-c2cc3c4ccccc4c4ccccc4c3c3ccccc23)c1.c1ccc(-c2nc(-c3ccccc3)nc(-c3ccc(-c4ccc5c6nc7ccccc7cc6c6nc7ccccc7n6c5c4)cc3)n2)cc1. The molecule has 31 aromatic rings. The lowest BCUT2D eigenvalue weighted by atomic mass is 9.87. The third-order valence-electron chi connectivity index (χ3n) is 29.3. The summed E-state index contributed by atoms with van der Waals surface area (Å²) in [5.74, 6) is 1.93. The maximum absolute atomic E-state index is 14.9. The Morgan fingerprint density at radius 2 is 0.449 bits per heavy atom. The van der Waals surface area contributed by atoms with E-state index in [9.17, 15) is 4.57 Å². The van der Waals surface area contributed by atoms with E-state index in [1.165, 1.54) is 59.8 Å². The van der Waals surface area contributed by atoms with Crippen molar-refractivity contribution in [3.63, 3.8) is 0 Å². The number of nitrogens with zero attached hydrogens (tertiary/aromatic N) is 12. The van der Waals surface area contributed by atoms with E-state index in [-0.39, 0.29) is 0 Å². The van der Waals surface area contributed by atoms with Crippen LogP contribution in [0.5, 0.6) is 0 Å². The predicted octanol–water partition coefficient (Wildman–Crippen LogP) is 32.1.